The molecule has 2 rings (SSSR count). The SMILES string of the molecule is C[C@](O)(CNS(=O)(=O)c1ccccc1Br)c1ccco1. The van der Waals surface area contributed by atoms with E-state index in [4.69, 9.17) is 4.42 Å². The number of rotatable bonds is 5. The lowest BCUT2D eigenvalue weighted by atomic mass is 10.1. The van der Waals surface area contributed by atoms with Crippen molar-refractivity contribution in [3.63, 3.8) is 0 Å². The Kier molecular flexibility index (Phi) is 4.33. The fraction of sp³-hybridized carbons (Fsp3) is 0.231. The highest BCUT2D eigenvalue weighted by molar-refractivity contribution is 9.10. The summed E-state index contributed by atoms with van der Waals surface area (Å²) in [6, 6.07) is 9.69. The summed E-state index contributed by atoms with van der Waals surface area (Å²) in [6.07, 6.45) is 1.42. The number of sulfonamides is 1. The minimum atomic E-state index is -3.71. The van der Waals surface area contributed by atoms with Crippen molar-refractivity contribution in [1.82, 2.24) is 4.72 Å². The fourth-order valence-corrected chi connectivity index (χ4v) is 3.78. The standard InChI is InChI=1S/C13H14BrNO4S/c1-13(16,12-7-4-8-19-12)9-15-20(17,18)11-6-3-2-5-10(11)14/h2-8,15-16H,9H2,1H3/t13-/m0/s1. The van der Waals surface area contributed by atoms with Crippen LogP contribution in [0.15, 0.2) is 56.4 Å². The van der Waals surface area contributed by atoms with E-state index in [2.05, 4.69) is 20.7 Å². The lowest BCUT2D eigenvalue weighted by Gasteiger charge is -2.21. The lowest BCUT2D eigenvalue weighted by Crippen LogP contribution is -2.38. The summed E-state index contributed by atoms with van der Waals surface area (Å²) in [6.45, 7) is 1.29. The summed E-state index contributed by atoms with van der Waals surface area (Å²) >= 11 is 3.19. The van der Waals surface area contributed by atoms with E-state index in [0.29, 0.717) is 10.2 Å². The maximum absolute atomic E-state index is 12.2. The molecule has 0 spiro atoms. The van der Waals surface area contributed by atoms with Gasteiger partial charge >= 0.3 is 0 Å². The molecule has 7 heteroatoms. The highest BCUT2D eigenvalue weighted by atomic mass is 79.9. The third-order valence-corrected chi connectivity index (χ3v) is 5.20. The second-order valence-corrected chi connectivity index (χ2v) is 7.10. The molecule has 2 N–H and O–H groups in total. The third-order valence-electron chi connectivity index (χ3n) is 2.78. The first-order valence-electron chi connectivity index (χ1n) is 5.83. The summed E-state index contributed by atoms with van der Waals surface area (Å²) in [4.78, 5) is 0.121. The zero-order valence-corrected chi connectivity index (χ0v) is 13.1. The second kappa shape index (κ2) is 5.69. The Bertz CT molecular complexity index is 680. The smallest absolute Gasteiger partial charge is 0.241 e. The molecule has 0 amide bonds. The first-order chi connectivity index (χ1) is 9.33. The van der Waals surface area contributed by atoms with Gasteiger partial charge in [0.15, 0.2) is 0 Å². The predicted molar refractivity (Wildman–Crippen MR) is 77.6 cm³/mol. The monoisotopic (exact) mass is 359 g/mol. The van der Waals surface area contributed by atoms with E-state index in [1.165, 1.54) is 19.3 Å². The molecule has 108 valence electrons. The quantitative estimate of drug-likeness (QED) is 0.857. The van der Waals surface area contributed by atoms with Crippen molar-refractivity contribution in [2.24, 2.45) is 0 Å². The molecule has 0 aliphatic carbocycles. The molecule has 1 atom stereocenters. The first kappa shape index (κ1) is 15.2. The average Bonchev–Trinajstić information content (AvgIpc) is 2.92. The summed E-state index contributed by atoms with van der Waals surface area (Å²) in [7, 11) is -3.71. The van der Waals surface area contributed by atoms with Gasteiger partial charge in [-0.1, -0.05) is 12.1 Å². The van der Waals surface area contributed by atoms with E-state index in [1.54, 1.807) is 30.3 Å². The maximum atomic E-state index is 12.2. The Morgan fingerprint density at radius 3 is 2.60 bits per heavy atom. The van der Waals surface area contributed by atoms with Crippen LogP contribution in [0.4, 0.5) is 0 Å². The van der Waals surface area contributed by atoms with Crippen molar-refractivity contribution in [3.8, 4) is 0 Å². The van der Waals surface area contributed by atoms with Crippen LogP contribution in [0, 0.1) is 0 Å². The van der Waals surface area contributed by atoms with Gasteiger partial charge in [-0.15, -0.1) is 0 Å². The molecule has 0 aliphatic heterocycles. The number of halogens is 1. The summed E-state index contributed by atoms with van der Waals surface area (Å²) in [5.74, 6) is 0.298. The van der Waals surface area contributed by atoms with Crippen LogP contribution in [0.1, 0.15) is 12.7 Å². The predicted octanol–water partition coefficient (Wildman–Crippen LogP) is 2.23. The zero-order chi connectivity index (χ0) is 14.8. The van der Waals surface area contributed by atoms with Gasteiger partial charge in [0.1, 0.15) is 11.4 Å². The van der Waals surface area contributed by atoms with E-state index in [9.17, 15) is 13.5 Å². The van der Waals surface area contributed by atoms with Gasteiger partial charge in [0.05, 0.1) is 11.2 Å². The molecule has 20 heavy (non-hydrogen) atoms. The van der Waals surface area contributed by atoms with Crippen molar-refractivity contribution in [1.29, 1.82) is 0 Å². The molecular weight excluding hydrogens is 346 g/mol. The lowest BCUT2D eigenvalue weighted by molar-refractivity contribution is 0.0395. The second-order valence-electron chi connectivity index (χ2n) is 4.51. The van der Waals surface area contributed by atoms with Crippen LogP contribution in [0.2, 0.25) is 0 Å². The summed E-state index contributed by atoms with van der Waals surface area (Å²) < 4.78 is 32.3. The molecule has 5 nitrogen and oxygen atoms in total. The van der Waals surface area contributed by atoms with E-state index >= 15 is 0 Å². The zero-order valence-electron chi connectivity index (χ0n) is 10.7. The summed E-state index contributed by atoms with van der Waals surface area (Å²) in [5, 5.41) is 10.2. The van der Waals surface area contributed by atoms with Gasteiger partial charge in [0.2, 0.25) is 10.0 Å². The van der Waals surface area contributed by atoms with Crippen molar-refractivity contribution in [2.45, 2.75) is 17.4 Å². The van der Waals surface area contributed by atoms with Gasteiger partial charge in [0, 0.05) is 11.0 Å². The number of nitrogens with one attached hydrogen (secondary N) is 1. The van der Waals surface area contributed by atoms with Gasteiger partial charge in [-0.05, 0) is 47.1 Å². The Balaban J connectivity index is 2.17. The van der Waals surface area contributed by atoms with Crippen molar-refractivity contribution >= 4 is 26.0 Å². The van der Waals surface area contributed by atoms with Crippen LogP contribution >= 0.6 is 15.9 Å². The topological polar surface area (TPSA) is 79.5 Å². The minimum Gasteiger partial charge on any atom is -0.466 e. The summed E-state index contributed by atoms with van der Waals surface area (Å²) in [5.41, 5.74) is -1.42. The largest absolute Gasteiger partial charge is 0.466 e. The van der Waals surface area contributed by atoms with Gasteiger partial charge in [-0.2, -0.15) is 0 Å². The van der Waals surface area contributed by atoms with Crippen LogP contribution in [0.3, 0.4) is 0 Å². The van der Waals surface area contributed by atoms with Crippen LogP contribution in [-0.4, -0.2) is 20.1 Å². The Morgan fingerprint density at radius 1 is 1.30 bits per heavy atom. The van der Waals surface area contributed by atoms with Gasteiger partial charge in [0.25, 0.3) is 0 Å². The molecule has 0 radical (unpaired) electrons. The molecule has 1 aromatic heterocycles. The molecule has 0 bridgehead atoms. The minimum absolute atomic E-state index is 0.121. The molecule has 1 heterocycles. The average molecular weight is 360 g/mol. The number of hydrogen-bond donors (Lipinski definition) is 2. The Hall–Kier alpha value is -1.15. The van der Waals surface area contributed by atoms with Gasteiger partial charge in [-0.25, -0.2) is 13.1 Å². The van der Waals surface area contributed by atoms with Crippen LogP contribution < -0.4 is 4.72 Å². The molecule has 0 fully saturated rings. The fourth-order valence-electron chi connectivity index (χ4n) is 1.65. The van der Waals surface area contributed by atoms with Crippen LogP contribution in [-0.2, 0) is 15.6 Å². The maximum Gasteiger partial charge on any atom is 0.241 e. The van der Waals surface area contributed by atoms with Crippen molar-refractivity contribution in [2.75, 3.05) is 6.54 Å². The molecule has 0 saturated carbocycles. The van der Waals surface area contributed by atoms with E-state index in [-0.39, 0.29) is 11.4 Å². The number of aliphatic hydroxyl groups is 1. The highest BCUT2D eigenvalue weighted by Gasteiger charge is 2.29. The first-order valence-corrected chi connectivity index (χ1v) is 8.11. The molecule has 0 unspecified atom stereocenters. The third kappa shape index (κ3) is 3.29. The van der Waals surface area contributed by atoms with E-state index in [0.717, 1.165) is 0 Å². The Morgan fingerprint density at radius 2 is 2.00 bits per heavy atom. The van der Waals surface area contributed by atoms with Crippen LogP contribution in [0.25, 0.3) is 0 Å². The molecular formula is C13H14BrNO4S. The molecule has 0 saturated heterocycles. The number of furan rings is 1. The number of hydrogen-bond acceptors (Lipinski definition) is 4. The van der Waals surface area contributed by atoms with Gasteiger partial charge in [-0.3, -0.25) is 0 Å². The molecule has 1 aromatic carbocycles. The van der Waals surface area contributed by atoms with Gasteiger partial charge < -0.3 is 9.52 Å². The number of benzene rings is 1. The van der Waals surface area contributed by atoms with Crippen LogP contribution in [0.5, 0.6) is 0 Å². The van der Waals surface area contributed by atoms with E-state index < -0.39 is 15.6 Å². The molecule has 2 aromatic rings. The Labute approximate surface area is 125 Å². The normalized spacial score (nSPS) is 14.9. The molecule has 0 aliphatic rings. The van der Waals surface area contributed by atoms with Crippen molar-refractivity contribution in [3.05, 3.63) is 52.9 Å². The highest BCUT2D eigenvalue weighted by Crippen LogP contribution is 2.23. The van der Waals surface area contributed by atoms with E-state index in [1.807, 2.05) is 0 Å². The van der Waals surface area contributed by atoms with Crippen molar-refractivity contribution < 1.29 is 17.9 Å².